The number of benzene rings is 1. The molecule has 1 aromatic carbocycles. The average molecular weight is 332 g/mol. The van der Waals surface area contributed by atoms with Crippen LogP contribution in [0.2, 0.25) is 0 Å². The van der Waals surface area contributed by atoms with Crippen LogP contribution in [-0.2, 0) is 0 Å². The summed E-state index contributed by atoms with van der Waals surface area (Å²) in [5.41, 5.74) is 0.741. The van der Waals surface area contributed by atoms with Gasteiger partial charge in [-0.25, -0.2) is 4.39 Å². The minimum Gasteiger partial charge on any atom is -0.309 e. The van der Waals surface area contributed by atoms with Crippen molar-refractivity contribution in [1.82, 2.24) is 5.32 Å². The summed E-state index contributed by atoms with van der Waals surface area (Å²) in [5, 5.41) is 3.47. The summed E-state index contributed by atoms with van der Waals surface area (Å²) in [7, 11) is 0. The second kappa shape index (κ2) is 5.93. The molecule has 0 spiro atoms. The van der Waals surface area contributed by atoms with E-state index in [-0.39, 0.29) is 11.9 Å². The van der Waals surface area contributed by atoms with Crippen molar-refractivity contribution >= 4 is 27.7 Å². The Morgan fingerprint density at radius 1 is 1.56 bits per heavy atom. The normalized spacial score (nSPS) is 25.3. The first kappa shape index (κ1) is 14.4. The molecule has 2 unspecified atom stereocenters. The third-order valence-corrected chi connectivity index (χ3v) is 5.54. The molecule has 2 rings (SSSR count). The quantitative estimate of drug-likeness (QED) is 0.870. The van der Waals surface area contributed by atoms with Crippen molar-refractivity contribution < 1.29 is 4.39 Å². The molecule has 4 heteroatoms. The van der Waals surface area contributed by atoms with Gasteiger partial charge in [-0.3, -0.25) is 0 Å². The Morgan fingerprint density at radius 2 is 2.33 bits per heavy atom. The van der Waals surface area contributed by atoms with E-state index in [1.807, 2.05) is 30.8 Å². The van der Waals surface area contributed by atoms with Crippen LogP contribution in [0.25, 0.3) is 0 Å². The van der Waals surface area contributed by atoms with E-state index in [2.05, 4.69) is 28.2 Å². The van der Waals surface area contributed by atoms with Gasteiger partial charge in [0.1, 0.15) is 5.82 Å². The molecule has 1 N–H and O–H groups in total. The van der Waals surface area contributed by atoms with Crippen molar-refractivity contribution in [2.45, 2.75) is 37.5 Å². The van der Waals surface area contributed by atoms with E-state index < -0.39 is 0 Å². The van der Waals surface area contributed by atoms with Crippen LogP contribution in [0, 0.1) is 5.82 Å². The molecule has 0 radical (unpaired) electrons. The molecule has 0 bridgehead atoms. The van der Waals surface area contributed by atoms with Gasteiger partial charge >= 0.3 is 0 Å². The van der Waals surface area contributed by atoms with E-state index in [0.717, 1.165) is 16.6 Å². The van der Waals surface area contributed by atoms with Gasteiger partial charge in [-0.05, 0) is 44.6 Å². The van der Waals surface area contributed by atoms with Gasteiger partial charge in [-0.2, -0.15) is 11.8 Å². The number of nitrogens with one attached hydrogen (secondary N) is 1. The number of thioether (sulfide) groups is 1. The lowest BCUT2D eigenvalue weighted by Gasteiger charge is -2.26. The highest BCUT2D eigenvalue weighted by molar-refractivity contribution is 9.10. The van der Waals surface area contributed by atoms with Crippen molar-refractivity contribution in [2.24, 2.45) is 0 Å². The molecule has 1 fully saturated rings. The predicted octanol–water partition coefficient (Wildman–Crippen LogP) is 4.52. The first-order chi connectivity index (χ1) is 8.50. The Morgan fingerprint density at radius 3 is 2.94 bits per heavy atom. The van der Waals surface area contributed by atoms with E-state index in [1.165, 1.54) is 24.7 Å². The van der Waals surface area contributed by atoms with Crippen LogP contribution in [-0.4, -0.2) is 17.0 Å². The van der Waals surface area contributed by atoms with Crippen molar-refractivity contribution in [3.05, 3.63) is 34.1 Å². The maximum absolute atomic E-state index is 13.8. The van der Waals surface area contributed by atoms with Crippen LogP contribution in [0.3, 0.4) is 0 Å². The molecule has 2 atom stereocenters. The molecule has 0 aliphatic carbocycles. The lowest BCUT2D eigenvalue weighted by molar-refractivity contribution is 0.475. The van der Waals surface area contributed by atoms with Gasteiger partial charge in [0.05, 0.1) is 0 Å². The standard InChI is InChI=1S/C14H19BrFNS/c1-10(12-5-4-11(15)8-13(12)16)17-9-14(2)6-3-7-18-14/h4-5,8,10,17H,3,6-7,9H2,1-2H3. The van der Waals surface area contributed by atoms with Crippen molar-refractivity contribution in [1.29, 1.82) is 0 Å². The third-order valence-electron chi connectivity index (χ3n) is 3.51. The molecule has 1 heterocycles. The third kappa shape index (κ3) is 3.49. The van der Waals surface area contributed by atoms with Gasteiger partial charge in [-0.15, -0.1) is 0 Å². The second-order valence-electron chi connectivity index (χ2n) is 5.17. The fraction of sp³-hybridized carbons (Fsp3) is 0.571. The molecule has 100 valence electrons. The van der Waals surface area contributed by atoms with Crippen LogP contribution in [0.4, 0.5) is 4.39 Å². The lowest BCUT2D eigenvalue weighted by atomic mass is 10.0. The van der Waals surface area contributed by atoms with Crippen LogP contribution in [0.1, 0.15) is 38.3 Å². The van der Waals surface area contributed by atoms with Crippen molar-refractivity contribution in [3.8, 4) is 0 Å². The molecule has 18 heavy (non-hydrogen) atoms. The van der Waals surface area contributed by atoms with Crippen LogP contribution >= 0.6 is 27.7 Å². The monoisotopic (exact) mass is 331 g/mol. The zero-order valence-electron chi connectivity index (χ0n) is 10.8. The number of rotatable bonds is 4. The second-order valence-corrected chi connectivity index (χ2v) is 7.77. The summed E-state index contributed by atoms with van der Waals surface area (Å²) >= 11 is 5.31. The highest BCUT2D eigenvalue weighted by atomic mass is 79.9. The molecule has 0 amide bonds. The molecule has 1 aliphatic rings. The molecular weight excluding hydrogens is 313 g/mol. The molecule has 0 aromatic heterocycles. The molecular formula is C14H19BrFNS. The van der Waals surface area contributed by atoms with Gasteiger partial charge < -0.3 is 5.32 Å². The summed E-state index contributed by atoms with van der Waals surface area (Å²) in [6.45, 7) is 5.26. The zero-order valence-corrected chi connectivity index (χ0v) is 13.2. The van der Waals surface area contributed by atoms with Crippen LogP contribution < -0.4 is 5.32 Å². The Labute approximate surface area is 121 Å². The van der Waals surface area contributed by atoms with Crippen LogP contribution in [0.15, 0.2) is 22.7 Å². The number of hydrogen-bond donors (Lipinski definition) is 1. The Hall–Kier alpha value is -0.0600. The Bertz CT molecular complexity index is 418. The molecule has 1 nitrogen and oxygen atoms in total. The van der Waals surface area contributed by atoms with E-state index in [4.69, 9.17) is 0 Å². The first-order valence-electron chi connectivity index (χ1n) is 6.32. The zero-order chi connectivity index (χ0) is 13.2. The summed E-state index contributed by atoms with van der Waals surface area (Å²) in [4.78, 5) is 0. The predicted molar refractivity (Wildman–Crippen MR) is 80.6 cm³/mol. The fourth-order valence-electron chi connectivity index (χ4n) is 2.31. The molecule has 1 aromatic rings. The summed E-state index contributed by atoms with van der Waals surface area (Å²) in [6, 6.07) is 5.32. The number of hydrogen-bond acceptors (Lipinski definition) is 2. The van der Waals surface area contributed by atoms with Crippen molar-refractivity contribution in [2.75, 3.05) is 12.3 Å². The number of halogens is 2. The average Bonchev–Trinajstić information content (AvgIpc) is 2.74. The summed E-state index contributed by atoms with van der Waals surface area (Å²) in [5.74, 6) is 1.10. The minimum atomic E-state index is -0.145. The summed E-state index contributed by atoms with van der Waals surface area (Å²) < 4.78 is 14.9. The molecule has 0 saturated carbocycles. The van der Waals surface area contributed by atoms with Gasteiger partial charge in [-0.1, -0.05) is 22.0 Å². The van der Waals surface area contributed by atoms with Crippen LogP contribution in [0.5, 0.6) is 0 Å². The Kier molecular flexibility index (Phi) is 4.73. The summed E-state index contributed by atoms with van der Waals surface area (Å²) in [6.07, 6.45) is 2.55. The minimum absolute atomic E-state index is 0.0520. The highest BCUT2D eigenvalue weighted by Gasteiger charge is 2.29. The van der Waals surface area contributed by atoms with Gasteiger partial charge in [0.15, 0.2) is 0 Å². The molecule has 1 aliphatic heterocycles. The van der Waals surface area contributed by atoms with Gasteiger partial charge in [0.25, 0.3) is 0 Å². The van der Waals surface area contributed by atoms with E-state index in [9.17, 15) is 4.39 Å². The highest BCUT2D eigenvalue weighted by Crippen LogP contribution is 2.37. The topological polar surface area (TPSA) is 12.0 Å². The maximum Gasteiger partial charge on any atom is 0.129 e. The lowest BCUT2D eigenvalue weighted by Crippen LogP contribution is -2.34. The van der Waals surface area contributed by atoms with Gasteiger partial charge in [0.2, 0.25) is 0 Å². The maximum atomic E-state index is 13.8. The van der Waals surface area contributed by atoms with Crippen molar-refractivity contribution in [3.63, 3.8) is 0 Å². The fourth-order valence-corrected chi connectivity index (χ4v) is 3.90. The first-order valence-corrected chi connectivity index (χ1v) is 8.10. The largest absolute Gasteiger partial charge is 0.309 e. The Balaban J connectivity index is 1.97. The van der Waals surface area contributed by atoms with E-state index in [0.29, 0.717) is 4.75 Å². The SMILES string of the molecule is CC(NCC1(C)CCCS1)c1ccc(Br)cc1F. The van der Waals surface area contributed by atoms with Gasteiger partial charge in [0, 0.05) is 27.4 Å². The van der Waals surface area contributed by atoms with E-state index in [1.54, 1.807) is 0 Å². The molecule has 1 saturated heterocycles. The van der Waals surface area contributed by atoms with E-state index >= 15 is 0 Å². The smallest absolute Gasteiger partial charge is 0.129 e.